The summed E-state index contributed by atoms with van der Waals surface area (Å²) in [7, 11) is 0. The van der Waals surface area contributed by atoms with Crippen LogP contribution in [0.25, 0.3) is 5.57 Å². The van der Waals surface area contributed by atoms with Gasteiger partial charge in [-0.2, -0.15) is 0 Å². The van der Waals surface area contributed by atoms with Crippen LogP contribution in [0.15, 0.2) is 24.9 Å². The molecule has 1 atom stereocenters. The fourth-order valence-corrected chi connectivity index (χ4v) is 1.21. The van der Waals surface area contributed by atoms with Crippen LogP contribution in [-0.4, -0.2) is 16.2 Å². The third-order valence-corrected chi connectivity index (χ3v) is 2.23. The number of hydrogen-bond acceptors (Lipinski definition) is 2. The zero-order valence-electron chi connectivity index (χ0n) is 8.83. The molecule has 1 rings (SSSR count). The van der Waals surface area contributed by atoms with Gasteiger partial charge >= 0.3 is 0 Å². The maximum absolute atomic E-state index is 9.46. The van der Waals surface area contributed by atoms with Crippen molar-refractivity contribution >= 4 is 5.57 Å². The summed E-state index contributed by atoms with van der Waals surface area (Å²) < 4.78 is 0. The van der Waals surface area contributed by atoms with Crippen LogP contribution in [0.5, 0.6) is 0 Å². The van der Waals surface area contributed by atoms with Gasteiger partial charge in [0, 0.05) is 6.20 Å². The second-order valence-corrected chi connectivity index (χ2v) is 3.59. The normalized spacial score (nSPS) is 12.5. The zero-order valence-corrected chi connectivity index (χ0v) is 8.83. The van der Waals surface area contributed by atoms with Gasteiger partial charge in [0.1, 0.15) is 0 Å². The minimum absolute atomic E-state index is 0.300. The molecule has 1 N–H and O–H groups in total. The molecule has 0 bridgehead atoms. The smallest absolute Gasteiger partial charge is 0.0656 e. The Hall–Kier alpha value is -1.15. The quantitative estimate of drug-likeness (QED) is 0.793. The third-order valence-electron chi connectivity index (χ3n) is 2.23. The van der Waals surface area contributed by atoms with E-state index in [4.69, 9.17) is 0 Å². The van der Waals surface area contributed by atoms with Crippen molar-refractivity contribution in [3.8, 4) is 0 Å². The molecule has 14 heavy (non-hydrogen) atoms. The first-order valence-corrected chi connectivity index (χ1v) is 4.92. The number of nitrogens with zero attached hydrogens (tertiary/aromatic N) is 1. The molecule has 0 fully saturated rings. The summed E-state index contributed by atoms with van der Waals surface area (Å²) in [6, 6.07) is 3.95. The molecule has 0 saturated carbocycles. The van der Waals surface area contributed by atoms with Crippen molar-refractivity contribution < 1.29 is 5.11 Å². The molecule has 0 radical (unpaired) electrons. The van der Waals surface area contributed by atoms with Gasteiger partial charge in [0.15, 0.2) is 0 Å². The van der Waals surface area contributed by atoms with E-state index in [2.05, 4.69) is 11.6 Å². The number of pyridine rings is 1. The molecule has 1 aromatic heterocycles. The maximum Gasteiger partial charge on any atom is 0.0656 e. The number of aliphatic hydroxyl groups is 1. The molecule has 0 saturated heterocycles. The largest absolute Gasteiger partial charge is 0.393 e. The van der Waals surface area contributed by atoms with E-state index in [1.807, 2.05) is 32.2 Å². The van der Waals surface area contributed by atoms with Gasteiger partial charge in [0.2, 0.25) is 0 Å². The Morgan fingerprint density at radius 1 is 1.57 bits per heavy atom. The van der Waals surface area contributed by atoms with Crippen molar-refractivity contribution in [2.75, 3.05) is 0 Å². The maximum atomic E-state index is 9.46. The molecule has 1 aromatic rings. The second-order valence-electron chi connectivity index (χ2n) is 3.59. The number of rotatable bonds is 4. The molecule has 2 heteroatoms. The van der Waals surface area contributed by atoms with E-state index in [0.717, 1.165) is 23.3 Å². The highest BCUT2D eigenvalue weighted by Crippen LogP contribution is 2.16. The average Bonchev–Trinajstić information content (AvgIpc) is 2.18. The zero-order chi connectivity index (χ0) is 10.6. The molecular weight excluding hydrogens is 174 g/mol. The van der Waals surface area contributed by atoms with Crippen molar-refractivity contribution in [2.24, 2.45) is 0 Å². The lowest BCUT2D eigenvalue weighted by atomic mass is 10.0. The van der Waals surface area contributed by atoms with Crippen molar-refractivity contribution in [2.45, 2.75) is 32.8 Å². The molecule has 0 aliphatic carbocycles. The molecule has 0 spiro atoms. The van der Waals surface area contributed by atoms with Gasteiger partial charge in [0.05, 0.1) is 11.8 Å². The average molecular weight is 191 g/mol. The highest BCUT2D eigenvalue weighted by Gasteiger charge is 2.06. The highest BCUT2D eigenvalue weighted by molar-refractivity contribution is 5.60. The van der Waals surface area contributed by atoms with E-state index in [-0.39, 0.29) is 6.10 Å². The van der Waals surface area contributed by atoms with Gasteiger partial charge in [-0.1, -0.05) is 19.6 Å². The molecule has 0 aliphatic heterocycles. The summed E-state index contributed by atoms with van der Waals surface area (Å²) in [6.07, 6.45) is 2.88. The Morgan fingerprint density at radius 2 is 2.29 bits per heavy atom. The third kappa shape index (κ3) is 2.96. The van der Waals surface area contributed by atoms with Crippen LogP contribution < -0.4 is 0 Å². The Labute approximate surface area is 85.3 Å². The van der Waals surface area contributed by atoms with Gasteiger partial charge in [-0.3, -0.25) is 4.98 Å². The SMILES string of the molecule is C=C(CC(O)CC)c1ccc(C)cn1. The van der Waals surface area contributed by atoms with Gasteiger partial charge in [-0.05, 0) is 37.0 Å². The van der Waals surface area contributed by atoms with Crippen molar-refractivity contribution in [3.05, 3.63) is 36.2 Å². The lowest BCUT2D eigenvalue weighted by molar-refractivity contribution is 0.176. The van der Waals surface area contributed by atoms with E-state index < -0.39 is 0 Å². The predicted octanol–water partition coefficient (Wildman–Crippen LogP) is 2.56. The topological polar surface area (TPSA) is 33.1 Å². The first-order chi connectivity index (χ1) is 6.63. The van der Waals surface area contributed by atoms with E-state index in [9.17, 15) is 5.11 Å². The number of aliphatic hydroxyl groups excluding tert-OH is 1. The van der Waals surface area contributed by atoms with Crippen LogP contribution in [0.2, 0.25) is 0 Å². The molecule has 76 valence electrons. The molecule has 0 aliphatic rings. The Balaban J connectivity index is 2.65. The van der Waals surface area contributed by atoms with E-state index in [0.29, 0.717) is 6.42 Å². The van der Waals surface area contributed by atoms with Crippen LogP contribution in [0.1, 0.15) is 31.0 Å². The van der Waals surface area contributed by atoms with Gasteiger partial charge in [0.25, 0.3) is 0 Å². The minimum atomic E-state index is -0.300. The standard InChI is InChI=1S/C12H17NO/c1-4-11(14)7-10(3)12-6-5-9(2)8-13-12/h5-6,8,11,14H,3-4,7H2,1-2H3. The number of aryl methyl sites for hydroxylation is 1. The summed E-state index contributed by atoms with van der Waals surface area (Å²) in [5.41, 5.74) is 2.92. The number of hydrogen-bond donors (Lipinski definition) is 1. The predicted molar refractivity (Wildman–Crippen MR) is 58.9 cm³/mol. The fraction of sp³-hybridized carbons (Fsp3) is 0.417. The first-order valence-electron chi connectivity index (χ1n) is 4.92. The Morgan fingerprint density at radius 3 is 2.79 bits per heavy atom. The summed E-state index contributed by atoms with van der Waals surface area (Å²) in [4.78, 5) is 4.25. The van der Waals surface area contributed by atoms with E-state index in [1.165, 1.54) is 0 Å². The summed E-state index contributed by atoms with van der Waals surface area (Å²) in [6.45, 7) is 7.88. The Kier molecular flexibility index (Phi) is 3.84. The van der Waals surface area contributed by atoms with Crippen LogP contribution in [0, 0.1) is 6.92 Å². The van der Waals surface area contributed by atoms with Crippen LogP contribution >= 0.6 is 0 Å². The van der Waals surface area contributed by atoms with Crippen molar-refractivity contribution in [1.29, 1.82) is 0 Å². The van der Waals surface area contributed by atoms with Gasteiger partial charge < -0.3 is 5.11 Å². The molecule has 1 unspecified atom stereocenters. The van der Waals surface area contributed by atoms with E-state index >= 15 is 0 Å². The van der Waals surface area contributed by atoms with E-state index in [1.54, 1.807) is 0 Å². The summed E-state index contributed by atoms with van der Waals surface area (Å²) in [5, 5.41) is 9.46. The summed E-state index contributed by atoms with van der Waals surface area (Å²) in [5.74, 6) is 0. The fourth-order valence-electron chi connectivity index (χ4n) is 1.21. The lowest BCUT2D eigenvalue weighted by Gasteiger charge is -2.09. The van der Waals surface area contributed by atoms with Crippen molar-refractivity contribution in [3.63, 3.8) is 0 Å². The lowest BCUT2D eigenvalue weighted by Crippen LogP contribution is -2.05. The van der Waals surface area contributed by atoms with Crippen LogP contribution in [-0.2, 0) is 0 Å². The Bertz CT molecular complexity index is 303. The number of aromatic nitrogens is 1. The van der Waals surface area contributed by atoms with Crippen molar-refractivity contribution in [1.82, 2.24) is 4.98 Å². The van der Waals surface area contributed by atoms with Gasteiger partial charge in [-0.15, -0.1) is 0 Å². The molecule has 0 aromatic carbocycles. The molecule has 0 amide bonds. The molecule has 1 heterocycles. The molecule has 2 nitrogen and oxygen atoms in total. The second kappa shape index (κ2) is 4.91. The summed E-state index contributed by atoms with van der Waals surface area (Å²) >= 11 is 0. The van der Waals surface area contributed by atoms with Crippen LogP contribution in [0.4, 0.5) is 0 Å². The van der Waals surface area contributed by atoms with Crippen LogP contribution in [0.3, 0.4) is 0 Å². The molecular formula is C12H17NO. The highest BCUT2D eigenvalue weighted by atomic mass is 16.3. The monoisotopic (exact) mass is 191 g/mol. The minimum Gasteiger partial charge on any atom is -0.393 e. The first kappa shape index (κ1) is 10.9. The van der Waals surface area contributed by atoms with Gasteiger partial charge in [-0.25, -0.2) is 0 Å².